The second kappa shape index (κ2) is 12.8. The van der Waals surface area contributed by atoms with E-state index >= 15 is 0 Å². The van der Waals surface area contributed by atoms with E-state index in [2.05, 4.69) is 13.0 Å². The van der Waals surface area contributed by atoms with Crippen molar-refractivity contribution < 1.29 is 23.7 Å². The number of hydrogen-bond acceptors (Lipinski definition) is 8. The second-order valence-corrected chi connectivity index (χ2v) is 11.5. The molecule has 2 heterocycles. The Morgan fingerprint density at radius 2 is 1.93 bits per heavy atom. The number of nitrogens with two attached hydrogens (primary N) is 1. The summed E-state index contributed by atoms with van der Waals surface area (Å²) < 4.78 is 24.0. The number of carbonyl (C=O) groups is 1. The lowest BCUT2D eigenvalue weighted by Crippen LogP contribution is -2.21. The summed E-state index contributed by atoms with van der Waals surface area (Å²) in [6.45, 7) is 4.75. The van der Waals surface area contributed by atoms with Crippen molar-refractivity contribution in [2.75, 3.05) is 13.7 Å². The lowest BCUT2D eigenvalue weighted by Gasteiger charge is -2.27. The zero-order valence-electron chi connectivity index (χ0n) is 23.7. The van der Waals surface area contributed by atoms with E-state index in [4.69, 9.17) is 36.3 Å². The molecule has 7 nitrogen and oxygen atoms in total. The van der Waals surface area contributed by atoms with Gasteiger partial charge in [0.15, 0.2) is 11.5 Å². The van der Waals surface area contributed by atoms with Crippen LogP contribution in [-0.4, -0.2) is 19.7 Å². The lowest BCUT2D eigenvalue weighted by atomic mass is 9.83. The maximum Gasteiger partial charge on any atom is 0.355 e. The highest BCUT2D eigenvalue weighted by Gasteiger charge is 2.32. The highest BCUT2D eigenvalue weighted by molar-refractivity contribution is 7.21. The molecule has 1 aliphatic heterocycles. The van der Waals surface area contributed by atoms with E-state index < -0.39 is 11.9 Å². The van der Waals surface area contributed by atoms with Crippen molar-refractivity contribution in [1.29, 1.82) is 5.26 Å². The van der Waals surface area contributed by atoms with Crippen LogP contribution < -0.4 is 24.7 Å². The van der Waals surface area contributed by atoms with Crippen molar-refractivity contribution in [3.05, 3.63) is 92.6 Å². The number of methoxy groups -OCH3 is 1. The van der Waals surface area contributed by atoms with Crippen LogP contribution in [-0.2, 0) is 0 Å². The number of ether oxygens (including phenoxy) is 4. The molecule has 1 aromatic heterocycles. The minimum absolute atomic E-state index is 0.0170. The van der Waals surface area contributed by atoms with Gasteiger partial charge in [0.05, 0.1) is 24.7 Å². The summed E-state index contributed by atoms with van der Waals surface area (Å²) in [7, 11) is 1.58. The average Bonchev–Trinajstić information content (AvgIpc) is 3.31. The Morgan fingerprint density at radius 3 is 2.69 bits per heavy atom. The number of hydrogen-bond donors (Lipinski definition) is 1. The van der Waals surface area contributed by atoms with Crippen LogP contribution in [0.1, 0.15) is 64.9 Å². The normalized spacial score (nSPS) is 14.2. The van der Waals surface area contributed by atoms with Crippen molar-refractivity contribution in [2.24, 2.45) is 5.73 Å². The molecule has 3 aromatic carbocycles. The van der Waals surface area contributed by atoms with Gasteiger partial charge in [-0.2, -0.15) is 5.26 Å². The number of allylic oxidation sites excluding steroid dienone is 1. The Labute approximate surface area is 254 Å². The number of benzene rings is 3. The molecule has 0 radical (unpaired) electrons. The number of nitriles is 1. The van der Waals surface area contributed by atoms with Gasteiger partial charge in [0.1, 0.15) is 28.0 Å². The van der Waals surface area contributed by atoms with Crippen LogP contribution in [0.2, 0.25) is 5.02 Å². The number of nitrogens with zero attached hydrogens (tertiary/aromatic N) is 1. The molecule has 0 spiro atoms. The molecule has 1 atom stereocenters. The van der Waals surface area contributed by atoms with Crippen molar-refractivity contribution in [1.82, 2.24) is 0 Å². The zero-order valence-corrected chi connectivity index (χ0v) is 25.2. The fourth-order valence-electron chi connectivity index (χ4n) is 4.99. The molecule has 42 heavy (non-hydrogen) atoms. The maximum absolute atomic E-state index is 13.1. The molecule has 0 aliphatic carbocycles. The van der Waals surface area contributed by atoms with Crippen LogP contribution in [0.25, 0.3) is 10.1 Å². The molecule has 0 saturated heterocycles. The minimum atomic E-state index is -0.567. The lowest BCUT2D eigenvalue weighted by molar-refractivity contribution is 0.0740. The monoisotopic (exact) mass is 602 g/mol. The van der Waals surface area contributed by atoms with E-state index in [1.165, 1.54) is 17.8 Å². The summed E-state index contributed by atoms with van der Waals surface area (Å²) in [5.74, 6) is 0.746. The van der Waals surface area contributed by atoms with Crippen molar-refractivity contribution in [3.63, 3.8) is 0 Å². The Kier molecular flexibility index (Phi) is 8.91. The van der Waals surface area contributed by atoms with Crippen LogP contribution in [0.15, 0.2) is 66.1 Å². The van der Waals surface area contributed by atoms with E-state index in [1.807, 2.05) is 43.3 Å². The van der Waals surface area contributed by atoms with Gasteiger partial charge in [-0.25, -0.2) is 4.79 Å². The molecule has 1 aliphatic rings. The SMILES string of the molecule is CCCCCCOc1ccc(C2C(C#N)=C(N)Oc3cc(OC(=O)c4sc5cc(C)ccc5c4Cl)ccc32)cc1OC. The van der Waals surface area contributed by atoms with Gasteiger partial charge in [0.2, 0.25) is 5.88 Å². The summed E-state index contributed by atoms with van der Waals surface area (Å²) >= 11 is 7.81. The van der Waals surface area contributed by atoms with Gasteiger partial charge >= 0.3 is 5.97 Å². The van der Waals surface area contributed by atoms with Crippen LogP contribution in [0, 0.1) is 18.3 Å². The van der Waals surface area contributed by atoms with Crippen molar-refractivity contribution in [3.8, 4) is 29.1 Å². The predicted octanol–water partition coefficient (Wildman–Crippen LogP) is 8.27. The number of fused-ring (bicyclic) bond motifs is 2. The van der Waals surface area contributed by atoms with Gasteiger partial charge in [0, 0.05) is 21.7 Å². The molecule has 9 heteroatoms. The fourth-order valence-corrected chi connectivity index (χ4v) is 6.48. The van der Waals surface area contributed by atoms with Gasteiger partial charge in [0.25, 0.3) is 0 Å². The first kappa shape index (κ1) is 29.3. The number of rotatable bonds is 10. The molecule has 4 aromatic rings. The Hall–Kier alpha value is -4.19. The Balaban J connectivity index is 1.41. The Morgan fingerprint density at radius 1 is 1.10 bits per heavy atom. The zero-order chi connectivity index (χ0) is 29.8. The molecule has 0 fully saturated rings. The first-order valence-corrected chi connectivity index (χ1v) is 15.0. The summed E-state index contributed by atoms with van der Waals surface area (Å²) in [6.07, 6.45) is 4.41. The van der Waals surface area contributed by atoms with Crippen LogP contribution in [0.3, 0.4) is 0 Å². The van der Waals surface area contributed by atoms with Crippen LogP contribution >= 0.6 is 22.9 Å². The molecule has 216 valence electrons. The number of esters is 1. The quantitative estimate of drug-likeness (QED) is 0.111. The van der Waals surface area contributed by atoms with Gasteiger partial charge in [-0.15, -0.1) is 11.3 Å². The topological polar surface area (TPSA) is 104 Å². The minimum Gasteiger partial charge on any atom is -0.493 e. The number of halogens is 1. The molecule has 1 unspecified atom stereocenters. The smallest absolute Gasteiger partial charge is 0.355 e. The highest BCUT2D eigenvalue weighted by atomic mass is 35.5. The Bertz CT molecular complexity index is 1720. The largest absolute Gasteiger partial charge is 0.493 e. The van der Waals surface area contributed by atoms with E-state index in [1.54, 1.807) is 25.3 Å². The van der Waals surface area contributed by atoms with E-state index in [9.17, 15) is 10.1 Å². The summed E-state index contributed by atoms with van der Waals surface area (Å²) in [4.78, 5) is 13.4. The van der Waals surface area contributed by atoms with Crippen molar-refractivity contribution >= 4 is 39.0 Å². The standard InChI is InChI=1S/C33H31ClN2O5S/c1-4-5-6-7-14-39-25-13-9-20(16-27(25)38-3)29-22-12-10-21(17-26(22)41-32(36)24(29)18-35)40-33(37)31-30(34)23-11-8-19(2)15-28(23)42-31/h8-13,15-17,29H,4-7,14,36H2,1-3H3. The maximum atomic E-state index is 13.1. The molecular weight excluding hydrogens is 572 g/mol. The second-order valence-electron chi connectivity index (χ2n) is 10.1. The van der Waals surface area contributed by atoms with Crippen LogP contribution in [0.4, 0.5) is 0 Å². The third kappa shape index (κ3) is 5.89. The molecule has 5 rings (SSSR count). The fraction of sp³-hybridized carbons (Fsp3) is 0.273. The number of thiophene rings is 1. The number of carbonyl (C=O) groups excluding carboxylic acids is 1. The molecule has 0 saturated carbocycles. The average molecular weight is 603 g/mol. The van der Waals surface area contributed by atoms with Gasteiger partial charge in [-0.3, -0.25) is 0 Å². The predicted molar refractivity (Wildman–Crippen MR) is 165 cm³/mol. The van der Waals surface area contributed by atoms with Crippen LogP contribution in [0.5, 0.6) is 23.0 Å². The molecule has 0 amide bonds. The van der Waals surface area contributed by atoms with E-state index in [0.717, 1.165) is 40.5 Å². The van der Waals surface area contributed by atoms with Gasteiger partial charge < -0.3 is 24.7 Å². The third-order valence-corrected chi connectivity index (χ3v) is 8.79. The summed E-state index contributed by atoms with van der Waals surface area (Å²) in [6, 6.07) is 18.7. The first-order chi connectivity index (χ1) is 20.3. The molecule has 2 N–H and O–H groups in total. The highest BCUT2D eigenvalue weighted by Crippen LogP contribution is 2.45. The van der Waals surface area contributed by atoms with Gasteiger partial charge in [-0.05, 0) is 48.7 Å². The third-order valence-electron chi connectivity index (χ3n) is 7.15. The van der Waals surface area contributed by atoms with Crippen molar-refractivity contribution in [2.45, 2.75) is 45.4 Å². The summed E-state index contributed by atoms with van der Waals surface area (Å²) in [5, 5.41) is 11.2. The number of aryl methyl sites for hydroxylation is 1. The van der Waals surface area contributed by atoms with E-state index in [-0.39, 0.29) is 17.2 Å². The van der Waals surface area contributed by atoms with Gasteiger partial charge in [-0.1, -0.05) is 62.1 Å². The van der Waals surface area contributed by atoms with E-state index in [0.29, 0.717) is 39.3 Å². The first-order valence-electron chi connectivity index (χ1n) is 13.8. The number of unbranched alkanes of at least 4 members (excludes halogenated alkanes) is 3. The molecule has 0 bridgehead atoms. The molecular formula is C33H31ClN2O5S. The summed E-state index contributed by atoms with van der Waals surface area (Å²) in [5.41, 5.74) is 9.04.